The summed E-state index contributed by atoms with van der Waals surface area (Å²) in [6.07, 6.45) is 0. The quantitative estimate of drug-likeness (QED) is 0.718. The van der Waals surface area contributed by atoms with E-state index in [0.29, 0.717) is 0 Å². The smallest absolute Gasteiger partial charge is 0.0614 e. The van der Waals surface area contributed by atoms with Gasteiger partial charge in [0.1, 0.15) is 0 Å². The van der Waals surface area contributed by atoms with Crippen molar-refractivity contribution in [1.29, 1.82) is 0 Å². The molecule has 0 unspecified atom stereocenters. The molecule has 26 heavy (non-hydrogen) atoms. The number of benzene rings is 2. The summed E-state index contributed by atoms with van der Waals surface area (Å²) in [7, 11) is 4.17. The SMILES string of the molecule is CN(C)CCN(CC#Cc1ccccc1)CC#Cc1ccccc1.Cl.Cl. The molecule has 4 heteroatoms. The highest BCUT2D eigenvalue weighted by Gasteiger charge is 2.01. The molecule has 0 aliphatic rings. The normalized spacial score (nSPS) is 9.23. The summed E-state index contributed by atoms with van der Waals surface area (Å²) in [5, 5.41) is 0. The van der Waals surface area contributed by atoms with Crippen LogP contribution in [0, 0.1) is 23.7 Å². The molecule has 138 valence electrons. The molecule has 0 radical (unpaired) electrons. The maximum atomic E-state index is 3.26. The van der Waals surface area contributed by atoms with Crippen molar-refractivity contribution < 1.29 is 0 Å². The molecule has 2 nitrogen and oxygen atoms in total. The Kier molecular flexibility index (Phi) is 13.2. The number of nitrogens with zero attached hydrogens (tertiary/aromatic N) is 2. The van der Waals surface area contributed by atoms with E-state index in [-0.39, 0.29) is 24.8 Å². The lowest BCUT2D eigenvalue weighted by Crippen LogP contribution is -2.32. The zero-order chi connectivity index (χ0) is 17.0. The maximum Gasteiger partial charge on any atom is 0.0614 e. The van der Waals surface area contributed by atoms with E-state index >= 15 is 0 Å². The second-order valence-electron chi connectivity index (χ2n) is 5.85. The molecule has 2 aromatic rings. The maximum absolute atomic E-state index is 3.26. The van der Waals surface area contributed by atoms with Crippen LogP contribution < -0.4 is 0 Å². The van der Waals surface area contributed by atoms with Crippen LogP contribution in [0.3, 0.4) is 0 Å². The van der Waals surface area contributed by atoms with Crippen LogP contribution in [0.4, 0.5) is 0 Å². The zero-order valence-electron chi connectivity index (χ0n) is 15.3. The van der Waals surface area contributed by atoms with Crippen LogP contribution >= 0.6 is 24.8 Å². The Morgan fingerprint density at radius 3 is 1.46 bits per heavy atom. The van der Waals surface area contributed by atoms with Gasteiger partial charge < -0.3 is 4.90 Å². The minimum absolute atomic E-state index is 0. The van der Waals surface area contributed by atoms with Gasteiger partial charge >= 0.3 is 0 Å². The fourth-order valence-corrected chi connectivity index (χ4v) is 2.11. The van der Waals surface area contributed by atoms with E-state index in [1.54, 1.807) is 0 Å². The minimum atomic E-state index is 0. The van der Waals surface area contributed by atoms with Gasteiger partial charge in [0.2, 0.25) is 0 Å². The van der Waals surface area contributed by atoms with Gasteiger partial charge in [-0.05, 0) is 38.4 Å². The van der Waals surface area contributed by atoms with Gasteiger partial charge in [-0.15, -0.1) is 24.8 Å². The standard InChI is InChI=1S/C22H24N2.2ClH/c1-23(2)19-20-24(17-9-15-21-11-5-3-6-12-21)18-10-16-22-13-7-4-8-14-22;;/h3-8,11-14H,17-20H2,1-2H3;2*1H. The summed E-state index contributed by atoms with van der Waals surface area (Å²) in [5.74, 6) is 13.0. The first-order valence-electron chi connectivity index (χ1n) is 8.19. The Balaban J connectivity index is 0.00000312. The van der Waals surface area contributed by atoms with E-state index in [0.717, 1.165) is 37.3 Å². The van der Waals surface area contributed by atoms with Gasteiger partial charge in [-0.1, -0.05) is 60.1 Å². The van der Waals surface area contributed by atoms with Crippen LogP contribution in [0.25, 0.3) is 0 Å². The molecule has 0 aromatic heterocycles. The van der Waals surface area contributed by atoms with Crippen LogP contribution in [0.2, 0.25) is 0 Å². The molecule has 0 N–H and O–H groups in total. The van der Waals surface area contributed by atoms with Gasteiger partial charge in [0.25, 0.3) is 0 Å². The van der Waals surface area contributed by atoms with Crippen molar-refractivity contribution in [2.75, 3.05) is 40.3 Å². The molecule has 2 rings (SSSR count). The highest BCUT2D eigenvalue weighted by molar-refractivity contribution is 5.85. The molecule has 0 aliphatic carbocycles. The van der Waals surface area contributed by atoms with Gasteiger partial charge in [-0.25, -0.2) is 0 Å². The number of hydrogen-bond donors (Lipinski definition) is 0. The van der Waals surface area contributed by atoms with Crippen LogP contribution in [-0.4, -0.2) is 50.1 Å². The Labute approximate surface area is 170 Å². The van der Waals surface area contributed by atoms with Crippen LogP contribution in [-0.2, 0) is 0 Å². The highest BCUT2D eigenvalue weighted by atomic mass is 35.5. The number of halogens is 2. The van der Waals surface area contributed by atoms with Crippen LogP contribution in [0.1, 0.15) is 11.1 Å². The summed E-state index contributed by atoms with van der Waals surface area (Å²) in [6.45, 7) is 3.42. The summed E-state index contributed by atoms with van der Waals surface area (Å²) < 4.78 is 0. The minimum Gasteiger partial charge on any atom is -0.308 e. The first kappa shape index (κ1) is 24.1. The number of hydrogen-bond acceptors (Lipinski definition) is 2. The van der Waals surface area contributed by atoms with Crippen molar-refractivity contribution in [2.45, 2.75) is 0 Å². The largest absolute Gasteiger partial charge is 0.308 e. The summed E-state index contributed by atoms with van der Waals surface area (Å²) >= 11 is 0. The molecule has 0 bridgehead atoms. The Bertz CT molecular complexity index is 663. The molecular formula is C22H26Cl2N2. The van der Waals surface area contributed by atoms with Gasteiger partial charge in [0, 0.05) is 24.2 Å². The molecule has 0 fully saturated rings. The summed E-state index contributed by atoms with van der Waals surface area (Å²) in [4.78, 5) is 4.47. The lowest BCUT2D eigenvalue weighted by molar-refractivity contribution is 0.287. The molecule has 0 amide bonds. The predicted octanol–water partition coefficient (Wildman–Crippen LogP) is 3.80. The first-order chi connectivity index (χ1) is 11.7. The highest BCUT2D eigenvalue weighted by Crippen LogP contribution is 1.97. The third-order valence-corrected chi connectivity index (χ3v) is 3.48. The second-order valence-corrected chi connectivity index (χ2v) is 5.85. The lowest BCUT2D eigenvalue weighted by atomic mass is 10.2. The van der Waals surface area contributed by atoms with E-state index < -0.39 is 0 Å². The monoisotopic (exact) mass is 388 g/mol. The fourth-order valence-electron chi connectivity index (χ4n) is 2.11. The van der Waals surface area contributed by atoms with Crippen molar-refractivity contribution in [2.24, 2.45) is 0 Å². The Morgan fingerprint density at radius 2 is 1.08 bits per heavy atom. The molecule has 2 aromatic carbocycles. The van der Waals surface area contributed by atoms with E-state index in [4.69, 9.17) is 0 Å². The third kappa shape index (κ3) is 10.1. The van der Waals surface area contributed by atoms with E-state index in [1.165, 1.54) is 0 Å². The van der Waals surface area contributed by atoms with Crippen molar-refractivity contribution in [3.05, 3.63) is 71.8 Å². The number of likely N-dealkylation sites (N-methyl/N-ethyl adjacent to an activating group) is 1. The lowest BCUT2D eigenvalue weighted by Gasteiger charge is -2.19. The van der Waals surface area contributed by atoms with Gasteiger partial charge in [-0.2, -0.15) is 0 Å². The van der Waals surface area contributed by atoms with E-state index in [1.807, 2.05) is 60.7 Å². The number of rotatable bonds is 5. The van der Waals surface area contributed by atoms with Gasteiger partial charge in [0.15, 0.2) is 0 Å². The molecule has 0 saturated heterocycles. The van der Waals surface area contributed by atoms with E-state index in [9.17, 15) is 0 Å². The average Bonchev–Trinajstić information content (AvgIpc) is 2.61. The van der Waals surface area contributed by atoms with Crippen LogP contribution in [0.15, 0.2) is 60.7 Å². The first-order valence-corrected chi connectivity index (χ1v) is 8.19. The zero-order valence-corrected chi connectivity index (χ0v) is 16.9. The van der Waals surface area contributed by atoms with E-state index in [2.05, 4.69) is 47.6 Å². The van der Waals surface area contributed by atoms with Gasteiger partial charge in [-0.3, -0.25) is 4.90 Å². The predicted molar refractivity (Wildman–Crippen MR) is 116 cm³/mol. The summed E-state index contributed by atoms with van der Waals surface area (Å²) in [5.41, 5.74) is 2.11. The molecule has 0 aliphatic heterocycles. The van der Waals surface area contributed by atoms with Crippen molar-refractivity contribution in [3.63, 3.8) is 0 Å². The third-order valence-electron chi connectivity index (χ3n) is 3.48. The fraction of sp³-hybridized carbons (Fsp3) is 0.273. The second kappa shape index (κ2) is 14.3. The molecular weight excluding hydrogens is 363 g/mol. The van der Waals surface area contributed by atoms with Gasteiger partial charge in [0.05, 0.1) is 13.1 Å². The molecule has 0 spiro atoms. The Morgan fingerprint density at radius 1 is 0.654 bits per heavy atom. The molecule has 0 saturated carbocycles. The molecule has 0 heterocycles. The Hall–Kier alpha value is -1.94. The van der Waals surface area contributed by atoms with Crippen molar-refractivity contribution >= 4 is 24.8 Å². The average molecular weight is 389 g/mol. The van der Waals surface area contributed by atoms with Crippen molar-refractivity contribution in [1.82, 2.24) is 9.80 Å². The topological polar surface area (TPSA) is 6.48 Å². The van der Waals surface area contributed by atoms with Crippen LogP contribution in [0.5, 0.6) is 0 Å². The molecule has 0 atom stereocenters. The summed E-state index contributed by atoms with van der Waals surface area (Å²) in [6, 6.07) is 20.2. The van der Waals surface area contributed by atoms with Crippen molar-refractivity contribution in [3.8, 4) is 23.7 Å².